The van der Waals surface area contributed by atoms with Gasteiger partial charge < -0.3 is 21.9 Å². The van der Waals surface area contributed by atoms with Crippen molar-refractivity contribution in [2.45, 2.75) is 44.7 Å². The van der Waals surface area contributed by atoms with E-state index in [2.05, 4.69) is 10.3 Å². The number of guanidine groups is 1. The van der Waals surface area contributed by atoms with Crippen molar-refractivity contribution in [3.05, 3.63) is 0 Å². The number of nitrogens with zero attached hydrogens (tertiary/aromatic N) is 2. The lowest BCUT2D eigenvalue weighted by Gasteiger charge is -2.25. The Morgan fingerprint density at radius 1 is 1.29 bits per heavy atom. The third kappa shape index (κ3) is 8.13. The number of likely N-dealkylation sites (N-methyl/N-ethyl adjacent to an activating group) is 1. The Hall–Kier alpha value is -1.83. The van der Waals surface area contributed by atoms with Gasteiger partial charge in [0.1, 0.15) is 6.04 Å². The predicted octanol–water partition coefficient (Wildman–Crippen LogP) is -0.660. The third-order valence-electron chi connectivity index (χ3n) is 3.05. The molecule has 0 aromatic carbocycles. The van der Waals surface area contributed by atoms with Gasteiger partial charge in [-0.2, -0.15) is 0 Å². The molecule has 0 aliphatic rings. The number of hydrogen-bond donors (Lipinski definition) is 4. The first-order chi connectivity index (χ1) is 9.79. The lowest BCUT2D eigenvalue weighted by atomic mass is 10.1. The number of rotatable bonds is 10. The Labute approximate surface area is 125 Å². The van der Waals surface area contributed by atoms with Gasteiger partial charge in [-0.3, -0.25) is 14.7 Å². The van der Waals surface area contributed by atoms with Crippen LogP contribution >= 0.6 is 0 Å². The Morgan fingerprint density at radius 3 is 2.33 bits per heavy atom. The molecule has 122 valence electrons. The summed E-state index contributed by atoms with van der Waals surface area (Å²) in [5, 5.41) is 11.7. The molecule has 2 atom stereocenters. The molecule has 0 radical (unpaired) electrons. The molecule has 0 saturated heterocycles. The highest BCUT2D eigenvalue weighted by atomic mass is 16.4. The highest BCUT2D eigenvalue weighted by Gasteiger charge is 2.25. The van der Waals surface area contributed by atoms with Crippen LogP contribution in [0.25, 0.3) is 0 Å². The zero-order chi connectivity index (χ0) is 16.4. The van der Waals surface area contributed by atoms with Gasteiger partial charge in [-0.1, -0.05) is 13.3 Å². The number of carbonyl (C=O) groups is 2. The molecule has 0 aromatic rings. The minimum Gasteiger partial charge on any atom is -0.480 e. The van der Waals surface area contributed by atoms with Gasteiger partial charge in [0.25, 0.3) is 0 Å². The fraction of sp³-hybridized carbons (Fsp3) is 0.769. The van der Waals surface area contributed by atoms with Gasteiger partial charge in [0.05, 0.1) is 6.04 Å². The van der Waals surface area contributed by atoms with Gasteiger partial charge in [-0.15, -0.1) is 0 Å². The summed E-state index contributed by atoms with van der Waals surface area (Å²) in [6.45, 7) is 2.32. The minimum absolute atomic E-state index is 0.0264. The summed E-state index contributed by atoms with van der Waals surface area (Å²) in [5.41, 5.74) is 10.4. The molecule has 0 bridgehead atoms. The Balaban J connectivity index is 4.51. The van der Waals surface area contributed by atoms with Crippen molar-refractivity contribution in [3.8, 4) is 0 Å². The second-order valence-electron chi connectivity index (χ2n) is 5.12. The normalized spacial score (nSPS) is 13.5. The van der Waals surface area contributed by atoms with Crippen molar-refractivity contribution in [1.82, 2.24) is 10.2 Å². The molecule has 0 aliphatic heterocycles. The number of hydrogen-bond acceptors (Lipinski definition) is 4. The summed E-state index contributed by atoms with van der Waals surface area (Å²) in [4.78, 5) is 28.9. The van der Waals surface area contributed by atoms with Crippen molar-refractivity contribution in [2.24, 2.45) is 16.5 Å². The Bertz CT molecular complexity index is 367. The molecule has 0 unspecified atom stereocenters. The van der Waals surface area contributed by atoms with Crippen LogP contribution in [0.4, 0.5) is 0 Å². The summed E-state index contributed by atoms with van der Waals surface area (Å²) in [5.74, 6) is -1.35. The van der Waals surface area contributed by atoms with Crippen LogP contribution in [-0.4, -0.2) is 60.6 Å². The van der Waals surface area contributed by atoms with Crippen molar-refractivity contribution >= 4 is 17.8 Å². The average Bonchev–Trinajstić information content (AvgIpc) is 2.38. The van der Waals surface area contributed by atoms with E-state index in [0.29, 0.717) is 19.4 Å². The SMILES string of the molecule is CCC[C@@H](C(=O)N[C@H](CCCN=C(N)N)C(=O)O)N(C)C. The van der Waals surface area contributed by atoms with E-state index < -0.39 is 12.0 Å². The molecular weight excluding hydrogens is 274 g/mol. The molecule has 0 fully saturated rings. The number of aliphatic imine (C=N–C) groups is 1. The van der Waals surface area contributed by atoms with Gasteiger partial charge in [-0.05, 0) is 33.4 Å². The van der Waals surface area contributed by atoms with E-state index in [1.807, 2.05) is 6.92 Å². The first-order valence-electron chi connectivity index (χ1n) is 7.04. The summed E-state index contributed by atoms with van der Waals surface area (Å²) in [6.07, 6.45) is 2.29. The number of nitrogens with one attached hydrogen (secondary N) is 1. The molecule has 21 heavy (non-hydrogen) atoms. The molecule has 1 amide bonds. The van der Waals surface area contributed by atoms with E-state index in [0.717, 1.165) is 6.42 Å². The van der Waals surface area contributed by atoms with Crippen LogP contribution in [0.15, 0.2) is 4.99 Å². The maximum atomic E-state index is 12.1. The zero-order valence-corrected chi connectivity index (χ0v) is 13.0. The van der Waals surface area contributed by atoms with Gasteiger partial charge in [0.2, 0.25) is 5.91 Å². The molecule has 0 aromatic heterocycles. The number of carboxylic acid groups (broad SMARTS) is 1. The largest absolute Gasteiger partial charge is 0.480 e. The summed E-state index contributed by atoms with van der Waals surface area (Å²) in [6, 6.07) is -1.25. The van der Waals surface area contributed by atoms with E-state index in [-0.39, 0.29) is 24.3 Å². The highest BCUT2D eigenvalue weighted by Crippen LogP contribution is 2.06. The number of carbonyl (C=O) groups excluding carboxylic acids is 1. The van der Waals surface area contributed by atoms with Crippen molar-refractivity contribution < 1.29 is 14.7 Å². The number of amides is 1. The van der Waals surface area contributed by atoms with Crippen LogP contribution in [-0.2, 0) is 9.59 Å². The van der Waals surface area contributed by atoms with E-state index in [9.17, 15) is 9.59 Å². The van der Waals surface area contributed by atoms with Crippen LogP contribution in [0.3, 0.4) is 0 Å². The third-order valence-corrected chi connectivity index (χ3v) is 3.05. The predicted molar refractivity (Wildman–Crippen MR) is 81.9 cm³/mol. The van der Waals surface area contributed by atoms with Gasteiger partial charge >= 0.3 is 5.97 Å². The highest BCUT2D eigenvalue weighted by molar-refractivity contribution is 5.86. The standard InChI is InChI=1S/C13H27N5O3/c1-4-6-10(18(2)3)11(19)17-9(12(20)21)7-5-8-16-13(14)15/h9-10H,4-8H2,1-3H3,(H,17,19)(H,20,21)(H4,14,15,16)/t9-,10+/m1/s1. The van der Waals surface area contributed by atoms with E-state index >= 15 is 0 Å². The molecule has 0 spiro atoms. The van der Waals surface area contributed by atoms with Crippen LogP contribution in [0, 0.1) is 0 Å². The fourth-order valence-electron chi connectivity index (χ4n) is 1.93. The van der Waals surface area contributed by atoms with E-state index in [1.165, 1.54) is 0 Å². The Kier molecular flexibility index (Phi) is 9.11. The van der Waals surface area contributed by atoms with Crippen LogP contribution in [0.2, 0.25) is 0 Å². The van der Waals surface area contributed by atoms with Gasteiger partial charge in [0.15, 0.2) is 5.96 Å². The average molecular weight is 301 g/mol. The smallest absolute Gasteiger partial charge is 0.326 e. The molecule has 0 rings (SSSR count). The van der Waals surface area contributed by atoms with Crippen LogP contribution in [0.1, 0.15) is 32.6 Å². The van der Waals surface area contributed by atoms with Crippen molar-refractivity contribution in [1.29, 1.82) is 0 Å². The summed E-state index contributed by atoms with van der Waals surface area (Å²) in [7, 11) is 3.60. The van der Waals surface area contributed by atoms with E-state index in [4.69, 9.17) is 16.6 Å². The lowest BCUT2D eigenvalue weighted by molar-refractivity contribution is -0.142. The topological polar surface area (TPSA) is 134 Å². The van der Waals surface area contributed by atoms with Crippen molar-refractivity contribution in [2.75, 3.05) is 20.6 Å². The van der Waals surface area contributed by atoms with E-state index in [1.54, 1.807) is 19.0 Å². The minimum atomic E-state index is -1.05. The molecule has 0 saturated carbocycles. The van der Waals surface area contributed by atoms with Crippen LogP contribution < -0.4 is 16.8 Å². The second kappa shape index (κ2) is 9.98. The van der Waals surface area contributed by atoms with Gasteiger partial charge in [0, 0.05) is 6.54 Å². The molecular formula is C13H27N5O3. The molecule has 8 heteroatoms. The quantitative estimate of drug-likeness (QED) is 0.240. The fourth-order valence-corrected chi connectivity index (χ4v) is 1.93. The number of aliphatic carboxylic acids is 1. The maximum Gasteiger partial charge on any atom is 0.326 e. The number of nitrogens with two attached hydrogens (primary N) is 2. The molecule has 0 aliphatic carbocycles. The summed E-state index contributed by atoms with van der Waals surface area (Å²) < 4.78 is 0. The van der Waals surface area contributed by atoms with Crippen LogP contribution in [0.5, 0.6) is 0 Å². The van der Waals surface area contributed by atoms with Crippen molar-refractivity contribution in [3.63, 3.8) is 0 Å². The Morgan fingerprint density at radius 2 is 1.90 bits per heavy atom. The molecule has 8 nitrogen and oxygen atoms in total. The first-order valence-corrected chi connectivity index (χ1v) is 7.04. The van der Waals surface area contributed by atoms with Gasteiger partial charge in [-0.25, -0.2) is 4.79 Å². The number of carboxylic acids is 1. The molecule has 0 heterocycles. The second-order valence-corrected chi connectivity index (χ2v) is 5.12. The zero-order valence-electron chi connectivity index (χ0n) is 13.0. The molecule has 6 N–H and O–H groups in total. The first kappa shape index (κ1) is 19.2. The monoisotopic (exact) mass is 301 g/mol. The summed E-state index contributed by atoms with van der Waals surface area (Å²) >= 11 is 0. The maximum absolute atomic E-state index is 12.1. The lowest BCUT2D eigenvalue weighted by Crippen LogP contribution is -2.49.